The summed E-state index contributed by atoms with van der Waals surface area (Å²) in [6.45, 7) is 2.32. The van der Waals surface area contributed by atoms with Gasteiger partial charge in [0.05, 0.1) is 14.2 Å². The third-order valence-electron chi connectivity index (χ3n) is 7.35. The predicted octanol–water partition coefficient (Wildman–Crippen LogP) is 3.89. The van der Waals surface area contributed by atoms with E-state index in [2.05, 4.69) is 17.0 Å². The smallest absolute Gasteiger partial charge is 0.161 e. The van der Waals surface area contributed by atoms with Crippen molar-refractivity contribution < 1.29 is 9.47 Å². The van der Waals surface area contributed by atoms with E-state index in [1.54, 1.807) is 20.6 Å². The number of fused-ring (bicyclic) bond motifs is 1. The van der Waals surface area contributed by atoms with Crippen molar-refractivity contribution in [3.63, 3.8) is 0 Å². The van der Waals surface area contributed by atoms with Gasteiger partial charge in [-0.1, -0.05) is 0 Å². The maximum atomic E-state index is 5.53. The molecule has 1 aliphatic heterocycles. The van der Waals surface area contributed by atoms with Crippen molar-refractivity contribution in [1.29, 1.82) is 0 Å². The first-order valence-corrected chi connectivity index (χ1v) is 9.73. The zero-order valence-corrected chi connectivity index (χ0v) is 15.0. The summed E-state index contributed by atoms with van der Waals surface area (Å²) in [5.41, 5.74) is 2.90. The third-order valence-corrected chi connectivity index (χ3v) is 7.35. The molecule has 0 atom stereocenters. The van der Waals surface area contributed by atoms with E-state index in [-0.39, 0.29) is 0 Å². The van der Waals surface area contributed by atoms with Gasteiger partial charge < -0.3 is 9.47 Å². The maximum Gasteiger partial charge on any atom is 0.161 e. The van der Waals surface area contributed by atoms with Crippen LogP contribution in [0.15, 0.2) is 12.1 Å². The Labute approximate surface area is 145 Å². The molecule has 24 heavy (non-hydrogen) atoms. The average Bonchev–Trinajstić information content (AvgIpc) is 2.59. The molecule has 3 heteroatoms. The molecule has 1 aromatic rings. The van der Waals surface area contributed by atoms with Gasteiger partial charge in [-0.3, -0.25) is 4.90 Å². The van der Waals surface area contributed by atoms with Crippen molar-refractivity contribution in [2.45, 2.75) is 51.1 Å². The Morgan fingerprint density at radius 1 is 0.833 bits per heavy atom. The summed E-state index contributed by atoms with van der Waals surface area (Å²) in [6, 6.07) is 5.26. The molecule has 0 unspecified atom stereocenters. The fraction of sp³-hybridized carbons (Fsp3) is 0.714. The normalized spacial score (nSPS) is 37.3. The summed E-state index contributed by atoms with van der Waals surface area (Å²) in [4.78, 5) is 2.82. The van der Waals surface area contributed by atoms with E-state index in [4.69, 9.17) is 9.47 Å². The van der Waals surface area contributed by atoms with E-state index in [0.29, 0.717) is 0 Å². The molecule has 0 N–H and O–H groups in total. The van der Waals surface area contributed by atoms with Gasteiger partial charge in [0.1, 0.15) is 0 Å². The third kappa shape index (κ3) is 2.28. The van der Waals surface area contributed by atoms with Crippen LogP contribution in [0.5, 0.6) is 11.5 Å². The second kappa shape index (κ2) is 5.66. The SMILES string of the molecule is COc1cc2c(cc1OC)CN(C1C3CC4CC(C3)CC1C4)CC2. The molecule has 0 saturated heterocycles. The first-order valence-electron chi connectivity index (χ1n) is 9.73. The second-order valence-electron chi connectivity index (χ2n) is 8.62. The lowest BCUT2D eigenvalue weighted by Crippen LogP contribution is -2.56. The maximum absolute atomic E-state index is 5.53. The van der Waals surface area contributed by atoms with Gasteiger partial charge in [0, 0.05) is 19.1 Å². The first kappa shape index (κ1) is 15.1. The lowest BCUT2D eigenvalue weighted by atomic mass is 9.53. The van der Waals surface area contributed by atoms with Crippen molar-refractivity contribution in [2.24, 2.45) is 23.7 Å². The topological polar surface area (TPSA) is 21.7 Å². The standard InChI is InChI=1S/C21H29NO2/c1-23-19-10-15-3-4-22(12-18(15)11-20(19)24-2)21-16-6-13-5-14(8-16)9-17(21)7-13/h10-11,13-14,16-17,21H,3-9,12H2,1-2H3. The first-order chi connectivity index (χ1) is 11.7. The van der Waals surface area contributed by atoms with E-state index in [9.17, 15) is 0 Å². The molecule has 6 rings (SSSR count). The van der Waals surface area contributed by atoms with Crippen molar-refractivity contribution >= 4 is 0 Å². The molecule has 1 heterocycles. The number of methoxy groups -OCH3 is 2. The predicted molar refractivity (Wildman–Crippen MR) is 94.5 cm³/mol. The Morgan fingerprint density at radius 2 is 1.42 bits per heavy atom. The zero-order valence-electron chi connectivity index (χ0n) is 15.0. The Morgan fingerprint density at radius 3 is 2.00 bits per heavy atom. The number of nitrogens with zero attached hydrogens (tertiary/aromatic N) is 1. The van der Waals surface area contributed by atoms with Crippen LogP contribution in [0.3, 0.4) is 0 Å². The van der Waals surface area contributed by atoms with Gasteiger partial charge in [-0.2, -0.15) is 0 Å². The molecule has 130 valence electrons. The van der Waals surface area contributed by atoms with Gasteiger partial charge in [-0.15, -0.1) is 0 Å². The molecule has 4 fully saturated rings. The monoisotopic (exact) mass is 327 g/mol. The highest BCUT2D eigenvalue weighted by molar-refractivity contribution is 5.48. The quantitative estimate of drug-likeness (QED) is 0.841. The average molecular weight is 327 g/mol. The van der Waals surface area contributed by atoms with Crippen molar-refractivity contribution in [2.75, 3.05) is 20.8 Å². The molecule has 4 aliphatic carbocycles. The van der Waals surface area contributed by atoms with Gasteiger partial charge >= 0.3 is 0 Å². The largest absolute Gasteiger partial charge is 0.493 e. The van der Waals surface area contributed by atoms with Crippen molar-refractivity contribution in [1.82, 2.24) is 4.90 Å². The van der Waals surface area contributed by atoms with Gasteiger partial charge in [0.15, 0.2) is 11.5 Å². The lowest BCUT2D eigenvalue weighted by Gasteiger charge is -2.58. The van der Waals surface area contributed by atoms with Crippen molar-refractivity contribution in [3.05, 3.63) is 23.3 Å². The van der Waals surface area contributed by atoms with E-state index >= 15 is 0 Å². The van der Waals surface area contributed by atoms with Gasteiger partial charge in [-0.25, -0.2) is 0 Å². The highest BCUT2D eigenvalue weighted by Crippen LogP contribution is 2.55. The molecular formula is C21H29NO2. The zero-order chi connectivity index (χ0) is 16.3. The number of benzene rings is 1. The van der Waals surface area contributed by atoms with Crippen LogP contribution in [0.4, 0.5) is 0 Å². The number of rotatable bonds is 3. The molecule has 3 nitrogen and oxygen atoms in total. The number of hydrogen-bond acceptors (Lipinski definition) is 3. The fourth-order valence-electron chi connectivity index (χ4n) is 6.65. The Balaban J connectivity index is 1.41. The lowest BCUT2D eigenvalue weighted by molar-refractivity contribution is -0.0696. The van der Waals surface area contributed by atoms with Crippen LogP contribution in [0, 0.1) is 23.7 Å². The van der Waals surface area contributed by atoms with Crippen LogP contribution in [0.25, 0.3) is 0 Å². The van der Waals surface area contributed by atoms with Crippen LogP contribution in [-0.2, 0) is 13.0 Å². The highest BCUT2D eigenvalue weighted by Gasteiger charge is 2.50. The molecule has 4 saturated carbocycles. The molecule has 5 aliphatic rings. The van der Waals surface area contributed by atoms with E-state index in [0.717, 1.165) is 54.2 Å². The molecule has 0 spiro atoms. The van der Waals surface area contributed by atoms with Crippen LogP contribution < -0.4 is 9.47 Å². The molecule has 4 bridgehead atoms. The summed E-state index contributed by atoms with van der Waals surface area (Å²) in [5, 5.41) is 0. The summed E-state index contributed by atoms with van der Waals surface area (Å²) >= 11 is 0. The second-order valence-corrected chi connectivity index (χ2v) is 8.62. The molecule has 1 aromatic carbocycles. The van der Waals surface area contributed by atoms with Crippen LogP contribution in [0.1, 0.15) is 43.2 Å². The minimum atomic E-state index is 0.846. The Hall–Kier alpha value is -1.22. The van der Waals surface area contributed by atoms with Crippen LogP contribution in [0.2, 0.25) is 0 Å². The number of ether oxygens (including phenoxy) is 2. The summed E-state index contributed by atoms with van der Waals surface area (Å²) < 4.78 is 11.0. The molecule has 0 amide bonds. The molecular weight excluding hydrogens is 298 g/mol. The van der Waals surface area contributed by atoms with E-state index in [1.807, 2.05) is 0 Å². The number of hydrogen-bond donors (Lipinski definition) is 0. The summed E-state index contributed by atoms with van der Waals surface area (Å²) in [7, 11) is 3.47. The fourth-order valence-corrected chi connectivity index (χ4v) is 6.65. The van der Waals surface area contributed by atoms with Crippen LogP contribution in [-0.4, -0.2) is 31.7 Å². The van der Waals surface area contributed by atoms with Crippen molar-refractivity contribution in [3.8, 4) is 11.5 Å². The van der Waals surface area contributed by atoms with Gasteiger partial charge in [0.2, 0.25) is 0 Å². The molecule has 0 radical (unpaired) electrons. The Bertz CT molecular complexity index is 613. The van der Waals surface area contributed by atoms with Gasteiger partial charge in [-0.05, 0) is 85.5 Å². The minimum Gasteiger partial charge on any atom is -0.493 e. The minimum absolute atomic E-state index is 0.846. The summed E-state index contributed by atoms with van der Waals surface area (Å²) in [5.74, 6) is 5.82. The van der Waals surface area contributed by atoms with Gasteiger partial charge in [0.25, 0.3) is 0 Å². The Kier molecular flexibility index (Phi) is 3.55. The summed E-state index contributed by atoms with van der Waals surface area (Å²) in [6.07, 6.45) is 8.72. The van der Waals surface area contributed by atoms with Crippen LogP contribution >= 0.6 is 0 Å². The van der Waals surface area contributed by atoms with E-state index < -0.39 is 0 Å². The molecule has 0 aromatic heterocycles. The van der Waals surface area contributed by atoms with E-state index in [1.165, 1.54) is 43.4 Å². The highest BCUT2D eigenvalue weighted by atomic mass is 16.5.